The fourth-order valence-electron chi connectivity index (χ4n) is 1.49. The molecule has 1 aromatic heterocycles. The van der Waals surface area contributed by atoms with Crippen molar-refractivity contribution in [2.45, 2.75) is 25.8 Å². The number of nitrogens with zero attached hydrogens (tertiary/aromatic N) is 2. The van der Waals surface area contributed by atoms with Crippen molar-refractivity contribution in [2.24, 2.45) is 0 Å². The van der Waals surface area contributed by atoms with E-state index in [2.05, 4.69) is 16.8 Å². The van der Waals surface area contributed by atoms with Crippen LogP contribution >= 0.6 is 11.6 Å². The van der Waals surface area contributed by atoms with Gasteiger partial charge in [0.2, 0.25) is 0 Å². The van der Waals surface area contributed by atoms with Gasteiger partial charge in [0.05, 0.1) is 12.6 Å². The minimum Gasteiger partial charge on any atom is -0.383 e. The van der Waals surface area contributed by atoms with E-state index in [1.807, 2.05) is 26.1 Å². The van der Waals surface area contributed by atoms with Crippen LogP contribution in [-0.2, 0) is 10.6 Å². The lowest BCUT2D eigenvalue weighted by Gasteiger charge is -2.25. The van der Waals surface area contributed by atoms with Crippen molar-refractivity contribution in [2.75, 3.05) is 25.7 Å². The minimum absolute atomic E-state index is 0.304. The zero-order valence-corrected chi connectivity index (χ0v) is 11.1. The minimum atomic E-state index is 0.304. The van der Waals surface area contributed by atoms with E-state index < -0.39 is 0 Å². The van der Waals surface area contributed by atoms with E-state index >= 15 is 0 Å². The molecule has 0 aliphatic rings. The van der Waals surface area contributed by atoms with Gasteiger partial charge in [0.15, 0.2) is 0 Å². The van der Waals surface area contributed by atoms with Crippen LogP contribution in [0.3, 0.4) is 0 Å². The molecule has 0 radical (unpaired) electrons. The van der Waals surface area contributed by atoms with E-state index in [1.54, 1.807) is 7.11 Å². The van der Waals surface area contributed by atoms with Crippen LogP contribution < -0.4 is 4.90 Å². The van der Waals surface area contributed by atoms with Gasteiger partial charge in [-0.1, -0.05) is 6.07 Å². The Kier molecular flexibility index (Phi) is 5.03. The summed E-state index contributed by atoms with van der Waals surface area (Å²) in [6.07, 6.45) is 0. The third kappa shape index (κ3) is 3.09. The summed E-state index contributed by atoms with van der Waals surface area (Å²) in [6, 6.07) is 4.33. The average molecular weight is 243 g/mol. The molecule has 0 saturated heterocycles. The van der Waals surface area contributed by atoms with E-state index in [1.165, 1.54) is 0 Å². The Labute approximate surface area is 102 Å². The van der Waals surface area contributed by atoms with Crippen molar-refractivity contribution in [3.63, 3.8) is 0 Å². The van der Waals surface area contributed by atoms with Gasteiger partial charge in [0.1, 0.15) is 5.82 Å². The fraction of sp³-hybridized carbons (Fsp3) is 0.583. The lowest BCUT2D eigenvalue weighted by molar-refractivity contribution is 0.183. The monoisotopic (exact) mass is 242 g/mol. The van der Waals surface area contributed by atoms with Crippen LogP contribution in [0, 0.1) is 6.92 Å². The molecular formula is C12H19ClN2O. The zero-order chi connectivity index (χ0) is 12.1. The molecule has 3 nitrogen and oxygen atoms in total. The van der Waals surface area contributed by atoms with Crippen molar-refractivity contribution in [1.82, 2.24) is 4.98 Å². The highest BCUT2D eigenvalue weighted by Gasteiger charge is 2.11. The summed E-state index contributed by atoms with van der Waals surface area (Å²) in [4.78, 5) is 6.64. The predicted octanol–water partition coefficient (Wildman–Crippen LogP) is 2.60. The second kappa shape index (κ2) is 6.06. The number of aryl methyl sites for hydroxylation is 1. The topological polar surface area (TPSA) is 25.4 Å². The maximum Gasteiger partial charge on any atom is 0.128 e. The number of pyridine rings is 1. The van der Waals surface area contributed by atoms with Crippen molar-refractivity contribution in [1.29, 1.82) is 0 Å². The molecule has 90 valence electrons. The van der Waals surface area contributed by atoms with Gasteiger partial charge in [-0.3, -0.25) is 0 Å². The van der Waals surface area contributed by atoms with Crippen LogP contribution in [0.15, 0.2) is 12.1 Å². The first-order valence-electron chi connectivity index (χ1n) is 5.34. The maximum atomic E-state index is 5.80. The highest BCUT2D eigenvalue weighted by Crippen LogP contribution is 2.17. The Morgan fingerprint density at radius 3 is 2.69 bits per heavy atom. The summed E-state index contributed by atoms with van der Waals surface area (Å²) in [5, 5.41) is 0. The van der Waals surface area contributed by atoms with E-state index in [-0.39, 0.29) is 0 Å². The third-order valence-corrected chi connectivity index (χ3v) is 3.04. The number of hydrogen-bond donors (Lipinski definition) is 0. The van der Waals surface area contributed by atoms with Crippen molar-refractivity contribution in [3.05, 3.63) is 23.4 Å². The van der Waals surface area contributed by atoms with Crippen LogP contribution in [0.4, 0.5) is 5.82 Å². The smallest absolute Gasteiger partial charge is 0.128 e. The second-order valence-electron chi connectivity index (χ2n) is 3.96. The van der Waals surface area contributed by atoms with Crippen LogP contribution in [0.1, 0.15) is 18.2 Å². The molecule has 1 atom stereocenters. The largest absolute Gasteiger partial charge is 0.383 e. The highest BCUT2D eigenvalue weighted by molar-refractivity contribution is 6.17. The second-order valence-corrected chi connectivity index (χ2v) is 4.23. The van der Waals surface area contributed by atoms with E-state index in [4.69, 9.17) is 16.3 Å². The van der Waals surface area contributed by atoms with Crippen molar-refractivity contribution >= 4 is 17.4 Å². The molecular weight excluding hydrogens is 224 g/mol. The molecule has 1 rings (SSSR count). The Bertz CT molecular complexity index is 344. The summed E-state index contributed by atoms with van der Waals surface area (Å²) in [6.45, 7) is 4.78. The van der Waals surface area contributed by atoms with Crippen LogP contribution in [0.25, 0.3) is 0 Å². The number of methoxy groups -OCH3 is 1. The maximum absolute atomic E-state index is 5.80. The number of ether oxygens (including phenoxy) is 1. The number of hydrogen-bond acceptors (Lipinski definition) is 3. The first kappa shape index (κ1) is 13.3. The molecule has 16 heavy (non-hydrogen) atoms. The number of likely N-dealkylation sites (N-methyl/N-ethyl adjacent to an activating group) is 1. The Hall–Kier alpha value is -0.800. The first-order chi connectivity index (χ1) is 7.60. The van der Waals surface area contributed by atoms with Gasteiger partial charge < -0.3 is 9.64 Å². The number of rotatable bonds is 5. The molecule has 0 fully saturated rings. The lowest BCUT2D eigenvalue weighted by atomic mass is 10.2. The quantitative estimate of drug-likeness (QED) is 0.743. The van der Waals surface area contributed by atoms with Crippen molar-refractivity contribution in [3.8, 4) is 0 Å². The number of halogens is 1. The van der Waals surface area contributed by atoms with Crippen LogP contribution in [0.5, 0.6) is 0 Å². The standard InChI is InChI=1S/C12H19ClN2O/c1-9(8-16-4)15(3)12-6-5-11(7-13)10(2)14-12/h5-6,9H,7-8H2,1-4H3. The third-order valence-electron chi connectivity index (χ3n) is 2.75. The number of alkyl halides is 1. The molecule has 0 bridgehead atoms. The predicted molar refractivity (Wildman–Crippen MR) is 68.3 cm³/mol. The molecule has 0 aromatic carbocycles. The number of aromatic nitrogens is 1. The summed E-state index contributed by atoms with van der Waals surface area (Å²) in [5.74, 6) is 1.46. The van der Waals surface area contributed by atoms with Gasteiger partial charge in [-0.25, -0.2) is 4.98 Å². The molecule has 0 aliphatic carbocycles. The van der Waals surface area contributed by atoms with Gasteiger partial charge in [-0.05, 0) is 25.5 Å². The van der Waals surface area contributed by atoms with E-state index in [0.717, 1.165) is 17.1 Å². The van der Waals surface area contributed by atoms with Gasteiger partial charge in [0.25, 0.3) is 0 Å². The van der Waals surface area contributed by atoms with Crippen LogP contribution in [0.2, 0.25) is 0 Å². The summed E-state index contributed by atoms with van der Waals surface area (Å²) in [5.41, 5.74) is 2.07. The molecule has 1 heterocycles. The highest BCUT2D eigenvalue weighted by atomic mass is 35.5. The number of anilines is 1. The lowest BCUT2D eigenvalue weighted by Crippen LogP contribution is -2.33. The van der Waals surface area contributed by atoms with E-state index in [9.17, 15) is 0 Å². The van der Waals surface area contributed by atoms with Gasteiger partial charge in [0, 0.05) is 25.7 Å². The molecule has 4 heteroatoms. The Balaban J connectivity index is 2.84. The molecule has 0 amide bonds. The summed E-state index contributed by atoms with van der Waals surface area (Å²) in [7, 11) is 3.73. The van der Waals surface area contributed by atoms with Gasteiger partial charge >= 0.3 is 0 Å². The van der Waals surface area contributed by atoms with Gasteiger partial charge in [-0.15, -0.1) is 11.6 Å². The molecule has 1 aromatic rings. The Morgan fingerprint density at radius 2 is 2.19 bits per heavy atom. The van der Waals surface area contributed by atoms with Crippen molar-refractivity contribution < 1.29 is 4.74 Å². The molecule has 0 aliphatic heterocycles. The normalized spacial score (nSPS) is 12.6. The summed E-state index contributed by atoms with van der Waals surface area (Å²) >= 11 is 5.80. The van der Waals surface area contributed by atoms with Gasteiger partial charge in [-0.2, -0.15) is 0 Å². The van der Waals surface area contributed by atoms with E-state index in [0.29, 0.717) is 18.5 Å². The summed E-state index contributed by atoms with van der Waals surface area (Å²) < 4.78 is 5.13. The fourth-order valence-corrected chi connectivity index (χ4v) is 1.78. The molecule has 0 saturated carbocycles. The SMILES string of the molecule is COCC(C)N(C)c1ccc(CCl)c(C)n1. The van der Waals surface area contributed by atoms with Crippen LogP contribution in [-0.4, -0.2) is 31.8 Å². The molecule has 0 spiro atoms. The average Bonchev–Trinajstić information content (AvgIpc) is 2.28. The zero-order valence-electron chi connectivity index (χ0n) is 10.3. The molecule has 0 N–H and O–H groups in total. The molecule has 1 unspecified atom stereocenters. The first-order valence-corrected chi connectivity index (χ1v) is 5.87. The Morgan fingerprint density at radius 1 is 1.50 bits per heavy atom.